The lowest BCUT2D eigenvalue weighted by Gasteiger charge is -2.05. The Morgan fingerprint density at radius 3 is 3.20 bits per heavy atom. The monoisotopic (exact) mass is 339 g/mol. The maximum absolute atomic E-state index is 12.3. The van der Waals surface area contributed by atoms with Crippen LogP contribution in [0.15, 0.2) is 30.5 Å². The number of aromatic nitrogens is 4. The third-order valence-electron chi connectivity index (χ3n) is 4.53. The van der Waals surface area contributed by atoms with Crippen molar-refractivity contribution in [3.63, 3.8) is 0 Å². The molecule has 1 aliphatic heterocycles. The summed E-state index contributed by atoms with van der Waals surface area (Å²) in [5.74, 6) is -0.106. The Balaban J connectivity index is 1.33. The van der Waals surface area contributed by atoms with Crippen LogP contribution in [0.4, 0.5) is 0 Å². The molecule has 1 amide bonds. The van der Waals surface area contributed by atoms with E-state index in [0.717, 1.165) is 35.2 Å². The predicted octanol–water partition coefficient (Wildman–Crippen LogP) is 2.00. The van der Waals surface area contributed by atoms with E-state index in [2.05, 4.69) is 20.6 Å². The van der Waals surface area contributed by atoms with Gasteiger partial charge >= 0.3 is 0 Å². The summed E-state index contributed by atoms with van der Waals surface area (Å²) in [6, 6.07) is 8.25. The number of H-pyrrole nitrogens is 1. The minimum absolute atomic E-state index is 0.106. The fourth-order valence-corrected chi connectivity index (χ4v) is 3.10. The number of ether oxygens (including phenoxy) is 1. The number of aryl methyl sites for hydroxylation is 1. The zero-order valence-corrected chi connectivity index (χ0v) is 14.2. The van der Waals surface area contributed by atoms with E-state index in [0.29, 0.717) is 25.3 Å². The third kappa shape index (κ3) is 3.41. The first-order chi connectivity index (χ1) is 12.2. The molecule has 25 heavy (non-hydrogen) atoms. The van der Waals surface area contributed by atoms with Crippen LogP contribution in [0.25, 0.3) is 10.9 Å². The number of carbonyl (C=O) groups excluding carboxylic acids is 1. The molecule has 1 aliphatic rings. The fourth-order valence-electron chi connectivity index (χ4n) is 3.10. The van der Waals surface area contributed by atoms with Crippen molar-refractivity contribution >= 4 is 16.8 Å². The van der Waals surface area contributed by atoms with Crippen molar-refractivity contribution in [1.82, 2.24) is 25.3 Å². The number of benzene rings is 1. The molecule has 7 nitrogen and oxygen atoms in total. The van der Waals surface area contributed by atoms with Crippen LogP contribution in [0, 0.1) is 6.92 Å². The highest BCUT2D eigenvalue weighted by Crippen LogP contribution is 2.18. The van der Waals surface area contributed by atoms with Gasteiger partial charge in [-0.3, -0.25) is 4.79 Å². The van der Waals surface area contributed by atoms with Crippen LogP contribution >= 0.6 is 0 Å². The molecule has 0 aliphatic carbocycles. The van der Waals surface area contributed by atoms with Crippen molar-refractivity contribution in [3.05, 3.63) is 47.4 Å². The molecule has 1 aromatic carbocycles. The van der Waals surface area contributed by atoms with Gasteiger partial charge in [0.15, 0.2) is 0 Å². The number of rotatable bonds is 5. The summed E-state index contributed by atoms with van der Waals surface area (Å²) < 4.78 is 7.23. The van der Waals surface area contributed by atoms with E-state index in [4.69, 9.17) is 4.74 Å². The molecular weight excluding hydrogens is 318 g/mol. The highest BCUT2D eigenvalue weighted by molar-refractivity contribution is 5.98. The molecule has 130 valence electrons. The van der Waals surface area contributed by atoms with Gasteiger partial charge in [-0.25, -0.2) is 4.68 Å². The number of nitrogens with one attached hydrogen (secondary N) is 2. The van der Waals surface area contributed by atoms with Crippen LogP contribution in [-0.2, 0) is 11.2 Å². The predicted molar refractivity (Wildman–Crippen MR) is 93.6 cm³/mol. The second-order valence-corrected chi connectivity index (χ2v) is 6.49. The van der Waals surface area contributed by atoms with Crippen molar-refractivity contribution in [2.24, 2.45) is 0 Å². The average Bonchev–Trinajstić information content (AvgIpc) is 3.34. The third-order valence-corrected chi connectivity index (χ3v) is 4.53. The summed E-state index contributed by atoms with van der Waals surface area (Å²) in [6.45, 7) is 4.03. The molecule has 0 saturated carbocycles. The second-order valence-electron chi connectivity index (χ2n) is 6.49. The maximum Gasteiger partial charge on any atom is 0.267 e. The van der Waals surface area contributed by atoms with E-state index in [1.165, 1.54) is 0 Å². The Bertz CT molecular complexity index is 892. The Hall–Kier alpha value is -2.67. The van der Waals surface area contributed by atoms with Gasteiger partial charge in [-0.1, -0.05) is 17.3 Å². The number of nitrogens with zero attached hydrogens (tertiary/aromatic N) is 3. The molecule has 0 bridgehead atoms. The minimum Gasteiger partial charge on any atom is -0.379 e. The fraction of sp³-hybridized carbons (Fsp3) is 0.389. The molecule has 7 heteroatoms. The molecule has 0 spiro atoms. The van der Waals surface area contributed by atoms with Crippen molar-refractivity contribution in [1.29, 1.82) is 0 Å². The smallest absolute Gasteiger partial charge is 0.267 e. The van der Waals surface area contributed by atoms with Crippen molar-refractivity contribution < 1.29 is 9.53 Å². The number of carbonyl (C=O) groups is 1. The van der Waals surface area contributed by atoms with Crippen LogP contribution < -0.4 is 5.32 Å². The van der Waals surface area contributed by atoms with Gasteiger partial charge in [-0.05, 0) is 31.0 Å². The number of hydrogen-bond acceptors (Lipinski definition) is 4. The molecule has 3 heterocycles. The average molecular weight is 339 g/mol. The van der Waals surface area contributed by atoms with E-state index in [-0.39, 0.29) is 11.9 Å². The molecule has 4 rings (SSSR count). The zero-order valence-electron chi connectivity index (χ0n) is 14.2. The first kappa shape index (κ1) is 15.8. The van der Waals surface area contributed by atoms with Crippen LogP contribution in [0.5, 0.6) is 0 Å². The van der Waals surface area contributed by atoms with Crippen LogP contribution in [0.2, 0.25) is 0 Å². The summed E-state index contributed by atoms with van der Waals surface area (Å²) >= 11 is 0. The van der Waals surface area contributed by atoms with Crippen LogP contribution in [0.3, 0.4) is 0 Å². The Morgan fingerprint density at radius 1 is 1.44 bits per heavy atom. The van der Waals surface area contributed by atoms with Crippen molar-refractivity contribution in [2.45, 2.75) is 25.8 Å². The molecule has 2 N–H and O–H groups in total. The highest BCUT2D eigenvalue weighted by atomic mass is 16.5. The number of amides is 1. The lowest BCUT2D eigenvalue weighted by Crippen LogP contribution is -2.26. The second kappa shape index (κ2) is 6.68. The van der Waals surface area contributed by atoms with E-state index in [9.17, 15) is 4.79 Å². The van der Waals surface area contributed by atoms with E-state index < -0.39 is 0 Å². The SMILES string of the molecule is Cc1ccc2cc(C(=O)NCCc3cn(C4CCOC4)nn3)[nH]c2c1. The quantitative estimate of drug-likeness (QED) is 0.744. The standard InChI is InChI=1S/C18H21N5O2/c1-12-2-3-13-9-17(20-16(13)8-12)18(24)19-6-4-14-10-23(22-21-14)15-5-7-25-11-15/h2-3,8-10,15,20H,4-7,11H2,1H3,(H,19,24). The summed E-state index contributed by atoms with van der Waals surface area (Å²) in [5.41, 5.74) is 3.59. The number of aromatic amines is 1. The summed E-state index contributed by atoms with van der Waals surface area (Å²) in [7, 11) is 0. The van der Waals surface area contributed by atoms with Crippen molar-refractivity contribution in [3.8, 4) is 0 Å². The molecule has 1 unspecified atom stereocenters. The largest absolute Gasteiger partial charge is 0.379 e. The lowest BCUT2D eigenvalue weighted by molar-refractivity contribution is 0.0950. The van der Waals surface area contributed by atoms with Gasteiger partial charge in [0.1, 0.15) is 5.69 Å². The van der Waals surface area contributed by atoms with Crippen LogP contribution in [-0.4, -0.2) is 45.6 Å². The van der Waals surface area contributed by atoms with Gasteiger partial charge in [0.05, 0.1) is 18.3 Å². The highest BCUT2D eigenvalue weighted by Gasteiger charge is 2.19. The molecule has 3 aromatic rings. The molecule has 2 aromatic heterocycles. The van der Waals surface area contributed by atoms with Gasteiger partial charge in [0.2, 0.25) is 0 Å². The van der Waals surface area contributed by atoms with Gasteiger partial charge in [-0.15, -0.1) is 5.10 Å². The Kier molecular flexibility index (Phi) is 4.23. The lowest BCUT2D eigenvalue weighted by atomic mass is 10.2. The first-order valence-corrected chi connectivity index (χ1v) is 8.55. The van der Waals surface area contributed by atoms with Gasteiger partial charge in [0.25, 0.3) is 5.91 Å². The first-order valence-electron chi connectivity index (χ1n) is 8.55. The summed E-state index contributed by atoms with van der Waals surface area (Å²) in [6.07, 6.45) is 3.56. The molecule has 0 radical (unpaired) electrons. The number of fused-ring (bicyclic) bond motifs is 1. The van der Waals surface area contributed by atoms with Gasteiger partial charge in [0, 0.05) is 36.7 Å². The van der Waals surface area contributed by atoms with E-state index in [1.54, 1.807) is 0 Å². The Labute approximate surface area is 145 Å². The minimum atomic E-state index is -0.106. The summed E-state index contributed by atoms with van der Waals surface area (Å²) in [5, 5.41) is 12.3. The Morgan fingerprint density at radius 2 is 2.36 bits per heavy atom. The number of hydrogen-bond donors (Lipinski definition) is 2. The zero-order chi connectivity index (χ0) is 17.2. The molecule has 1 atom stereocenters. The van der Waals surface area contributed by atoms with Crippen LogP contribution in [0.1, 0.15) is 34.2 Å². The normalized spacial score (nSPS) is 17.2. The summed E-state index contributed by atoms with van der Waals surface area (Å²) in [4.78, 5) is 15.5. The molecule has 1 saturated heterocycles. The van der Waals surface area contributed by atoms with Gasteiger partial charge < -0.3 is 15.0 Å². The molecular formula is C18H21N5O2. The van der Waals surface area contributed by atoms with Gasteiger partial charge in [-0.2, -0.15) is 0 Å². The van der Waals surface area contributed by atoms with E-state index >= 15 is 0 Å². The topological polar surface area (TPSA) is 84.8 Å². The maximum atomic E-state index is 12.3. The van der Waals surface area contributed by atoms with Crippen molar-refractivity contribution in [2.75, 3.05) is 19.8 Å². The van der Waals surface area contributed by atoms with E-state index in [1.807, 2.05) is 42.1 Å². The molecule has 1 fully saturated rings.